The van der Waals surface area contributed by atoms with Crippen LogP contribution in [0.2, 0.25) is 0 Å². The van der Waals surface area contributed by atoms with E-state index in [1.54, 1.807) is 0 Å². The first-order valence-electron chi connectivity index (χ1n) is 24.7. The summed E-state index contributed by atoms with van der Waals surface area (Å²) in [5.41, 5.74) is 17.6. The Balaban J connectivity index is 1.28. The third-order valence-corrected chi connectivity index (χ3v) is 16.0. The van der Waals surface area contributed by atoms with Crippen LogP contribution in [-0.2, 0) is 5.16 Å². The zero-order valence-corrected chi connectivity index (χ0v) is 38.5. The summed E-state index contributed by atoms with van der Waals surface area (Å²) in [6.07, 6.45) is 27.9. The molecule has 4 nitrogen and oxygen atoms in total. The van der Waals surface area contributed by atoms with Gasteiger partial charge in [0.25, 0.3) is 0 Å². The molecule has 5 heterocycles. The van der Waals surface area contributed by atoms with Gasteiger partial charge in [-0.15, -0.1) is 9.24 Å². The lowest BCUT2D eigenvalue weighted by Gasteiger charge is -2.29. The zero-order valence-electron chi connectivity index (χ0n) is 37.4. The van der Waals surface area contributed by atoms with Gasteiger partial charge in [-0.1, -0.05) is 155 Å². The quantitative estimate of drug-likeness (QED) is 0.105. The standard InChI is InChI=1S/C59H61N4P/c64-59(32-15-3-4-16-33-59)58-55-35-46(31-28-40-18-13-14-19-40)50(61-55)38-49-45(30-29-41-20-17-21-41)34-53(60-49)57(44-26-11-6-12-27-44)54-36-47(42-22-7-1-2-8-23-42)51(62-54)39-52-48(37-56(58)63-52)43-24-9-5-10-25-43/h5-6,9-12,24-27,34-42,60,62H,1-4,7-8,13-23,32-33,64H2. The Morgan fingerprint density at radius 1 is 0.531 bits per heavy atom. The first-order chi connectivity index (χ1) is 31.5. The van der Waals surface area contributed by atoms with Crippen molar-refractivity contribution in [1.29, 1.82) is 0 Å². The van der Waals surface area contributed by atoms with E-state index in [2.05, 4.69) is 140 Å². The van der Waals surface area contributed by atoms with Crippen LogP contribution in [0.5, 0.6) is 0 Å². The molecule has 64 heavy (non-hydrogen) atoms. The Bertz CT molecular complexity index is 2900. The minimum Gasteiger partial charge on any atom is -0.355 e. The molecule has 0 radical (unpaired) electrons. The molecule has 4 saturated carbocycles. The molecule has 2 aliphatic heterocycles. The normalized spacial score (nSPS) is 19.3. The largest absolute Gasteiger partial charge is 0.355 e. The minimum atomic E-state index is -0.174. The highest BCUT2D eigenvalue weighted by Gasteiger charge is 2.35. The Hall–Kier alpha value is -5.41. The molecule has 3 aromatic heterocycles. The number of rotatable bonds is 4. The van der Waals surface area contributed by atoms with E-state index < -0.39 is 0 Å². The zero-order chi connectivity index (χ0) is 42.9. The number of fused-ring (bicyclic) bond motifs is 8. The highest BCUT2D eigenvalue weighted by atomic mass is 31.0. The predicted molar refractivity (Wildman–Crippen MR) is 271 cm³/mol. The summed E-state index contributed by atoms with van der Waals surface area (Å²) in [6.45, 7) is 0. The molecule has 0 spiro atoms. The number of nitrogens with zero attached hydrogens (tertiary/aromatic N) is 2. The molecule has 11 rings (SSSR count). The fraction of sp³-hybridized carbons (Fsp3) is 0.390. The molecule has 1 unspecified atom stereocenters. The molecule has 0 saturated heterocycles. The fourth-order valence-electron chi connectivity index (χ4n) is 11.3. The number of allylic oxidation sites excluding steroid dienone is 1. The molecule has 4 fully saturated rings. The van der Waals surface area contributed by atoms with Gasteiger partial charge in [0, 0.05) is 50.2 Å². The van der Waals surface area contributed by atoms with Crippen molar-refractivity contribution < 1.29 is 0 Å². The molecule has 5 aromatic rings. The van der Waals surface area contributed by atoms with Gasteiger partial charge in [0.2, 0.25) is 0 Å². The van der Waals surface area contributed by atoms with Gasteiger partial charge in [-0.3, -0.25) is 0 Å². The topological polar surface area (TPSA) is 57.4 Å². The molecular formula is C59H61N4P. The van der Waals surface area contributed by atoms with E-state index >= 15 is 0 Å². The SMILES string of the molecule is PC1(c2c3nc(cc4[nH]c(cc4C#CC4CCC4)c(-c4ccccc4)c4cc(C5CCCCCC5)c(cc5nc2C=C5c2ccccc2)[nH]4)C(C#CC2CCCC2)=C3)CCCCCC1. The summed E-state index contributed by atoms with van der Waals surface area (Å²) in [7, 11) is 3.39. The summed E-state index contributed by atoms with van der Waals surface area (Å²) in [5, 5.41) is -0.174. The maximum atomic E-state index is 5.77. The molecule has 6 aliphatic rings. The molecule has 2 N–H and O–H groups in total. The van der Waals surface area contributed by atoms with Gasteiger partial charge in [0.05, 0.1) is 39.4 Å². The second-order valence-electron chi connectivity index (χ2n) is 19.6. The van der Waals surface area contributed by atoms with E-state index in [1.165, 1.54) is 137 Å². The molecule has 4 aliphatic carbocycles. The van der Waals surface area contributed by atoms with Gasteiger partial charge in [-0.2, -0.15) is 0 Å². The number of aromatic nitrogens is 4. The van der Waals surface area contributed by atoms with Crippen LogP contribution in [0.25, 0.3) is 56.5 Å². The lowest BCUT2D eigenvalue weighted by molar-refractivity contribution is 0.401. The third-order valence-electron chi connectivity index (χ3n) is 15.2. The Morgan fingerprint density at radius 3 is 1.81 bits per heavy atom. The van der Waals surface area contributed by atoms with Gasteiger partial charge in [0.1, 0.15) is 0 Å². The van der Waals surface area contributed by atoms with Gasteiger partial charge >= 0.3 is 0 Å². The van der Waals surface area contributed by atoms with E-state index in [4.69, 9.17) is 9.97 Å². The lowest BCUT2D eigenvalue weighted by atomic mass is 9.86. The summed E-state index contributed by atoms with van der Waals surface area (Å²) < 4.78 is 0. The molecule has 8 bridgehead atoms. The van der Waals surface area contributed by atoms with Crippen molar-refractivity contribution in [2.75, 3.05) is 0 Å². The van der Waals surface area contributed by atoms with Crippen molar-refractivity contribution in [2.24, 2.45) is 11.8 Å². The van der Waals surface area contributed by atoms with Crippen molar-refractivity contribution in [3.05, 3.63) is 130 Å². The number of benzene rings is 2. The molecule has 322 valence electrons. The number of hydrogen-bond acceptors (Lipinski definition) is 2. The minimum absolute atomic E-state index is 0.174. The van der Waals surface area contributed by atoms with Crippen LogP contribution < -0.4 is 0 Å². The van der Waals surface area contributed by atoms with Crippen molar-refractivity contribution in [2.45, 2.75) is 133 Å². The van der Waals surface area contributed by atoms with E-state index in [9.17, 15) is 0 Å². The predicted octanol–water partition coefficient (Wildman–Crippen LogP) is 15.3. The smallest absolute Gasteiger partial charge is 0.0815 e. The van der Waals surface area contributed by atoms with Crippen LogP contribution in [0.3, 0.4) is 0 Å². The van der Waals surface area contributed by atoms with Crippen LogP contribution in [0.15, 0.2) is 84.9 Å². The van der Waals surface area contributed by atoms with Crippen LogP contribution >= 0.6 is 9.24 Å². The average Bonchev–Trinajstić information content (AvgIpc) is 4.12. The van der Waals surface area contributed by atoms with Gasteiger partial charge < -0.3 is 9.97 Å². The van der Waals surface area contributed by atoms with E-state index in [0.29, 0.717) is 17.8 Å². The summed E-state index contributed by atoms with van der Waals surface area (Å²) in [6, 6.07) is 31.3. The molecule has 5 heteroatoms. The molecule has 0 amide bonds. The number of aromatic amines is 2. The maximum Gasteiger partial charge on any atom is 0.0815 e. The summed E-state index contributed by atoms with van der Waals surface area (Å²) >= 11 is 0. The Labute approximate surface area is 382 Å². The fourth-order valence-corrected chi connectivity index (χ4v) is 12.1. The summed E-state index contributed by atoms with van der Waals surface area (Å²) in [5.74, 6) is 16.2. The van der Waals surface area contributed by atoms with Crippen LogP contribution in [0.4, 0.5) is 0 Å². The molecular weight excluding hydrogens is 796 g/mol. The lowest BCUT2D eigenvalue weighted by Crippen LogP contribution is -2.20. The van der Waals surface area contributed by atoms with Gasteiger partial charge in [-0.05, 0) is 110 Å². The number of hydrogen-bond donors (Lipinski definition) is 2. The van der Waals surface area contributed by atoms with E-state index in [-0.39, 0.29) is 5.16 Å². The number of nitrogens with one attached hydrogen (secondary N) is 2. The Morgan fingerprint density at radius 2 is 1.11 bits per heavy atom. The number of H-pyrrole nitrogens is 2. The van der Waals surface area contributed by atoms with Crippen LogP contribution in [0, 0.1) is 35.5 Å². The van der Waals surface area contributed by atoms with E-state index in [0.717, 1.165) is 74.4 Å². The summed E-state index contributed by atoms with van der Waals surface area (Å²) in [4.78, 5) is 19.5. The van der Waals surface area contributed by atoms with Gasteiger partial charge in [-0.25, -0.2) is 9.97 Å². The van der Waals surface area contributed by atoms with Crippen molar-refractivity contribution >= 4 is 54.6 Å². The second kappa shape index (κ2) is 18.2. The monoisotopic (exact) mass is 856 g/mol. The van der Waals surface area contributed by atoms with Crippen molar-refractivity contribution in [3.8, 4) is 34.8 Å². The highest BCUT2D eigenvalue weighted by molar-refractivity contribution is 7.18. The third kappa shape index (κ3) is 8.48. The first kappa shape index (κ1) is 41.3. The van der Waals surface area contributed by atoms with Crippen LogP contribution in [0.1, 0.15) is 173 Å². The van der Waals surface area contributed by atoms with Crippen molar-refractivity contribution in [1.82, 2.24) is 19.9 Å². The maximum absolute atomic E-state index is 5.77. The second-order valence-corrected chi connectivity index (χ2v) is 20.7. The average molecular weight is 857 g/mol. The molecule has 1 atom stereocenters. The van der Waals surface area contributed by atoms with Crippen molar-refractivity contribution in [3.63, 3.8) is 0 Å². The first-order valence-corrected chi connectivity index (χ1v) is 25.3. The van der Waals surface area contributed by atoms with Gasteiger partial charge in [0.15, 0.2) is 0 Å². The van der Waals surface area contributed by atoms with E-state index in [1.807, 2.05) is 0 Å². The molecule has 2 aromatic carbocycles. The Kier molecular flexibility index (Phi) is 11.8. The van der Waals surface area contributed by atoms with Crippen LogP contribution in [-0.4, -0.2) is 19.9 Å². The highest BCUT2D eigenvalue weighted by Crippen LogP contribution is 2.49.